The number of nitrogens with zero attached hydrogens (tertiary/aromatic N) is 1. The zero-order valence-electron chi connectivity index (χ0n) is 12.1. The lowest BCUT2D eigenvalue weighted by molar-refractivity contribution is -0.885. The van der Waals surface area contributed by atoms with E-state index in [2.05, 4.69) is 7.05 Å². The van der Waals surface area contributed by atoms with Gasteiger partial charge in [-0.2, -0.15) is 0 Å². The standard InChI is InChI=1S/C15H20N2O4/c1-16-6-3-9(4-7-16)17-8-15-5-2-10(21-15)11(14(19)20)12(15)13(17)18/h2,5,9-12H,3-4,6-8H2,1H3,(H,19,20)/t10-,11-,12-,15+/m0/s1. The number of likely N-dealkylation sites (tertiary alicyclic amines) is 2. The minimum absolute atomic E-state index is 0.0550. The van der Waals surface area contributed by atoms with E-state index in [0.29, 0.717) is 6.54 Å². The van der Waals surface area contributed by atoms with Crippen LogP contribution in [0.3, 0.4) is 0 Å². The van der Waals surface area contributed by atoms with Crippen LogP contribution in [-0.4, -0.2) is 61.2 Å². The van der Waals surface area contributed by atoms with Gasteiger partial charge in [-0.05, 0) is 0 Å². The summed E-state index contributed by atoms with van der Waals surface area (Å²) >= 11 is 0. The second-order valence-electron chi connectivity index (χ2n) is 6.87. The summed E-state index contributed by atoms with van der Waals surface area (Å²) in [4.78, 5) is 27.5. The van der Waals surface area contributed by atoms with Gasteiger partial charge in [-0.25, -0.2) is 0 Å². The molecule has 0 radical (unpaired) electrons. The molecule has 6 heteroatoms. The molecule has 4 atom stereocenters. The number of quaternary nitrogens is 1. The van der Waals surface area contributed by atoms with E-state index in [-0.39, 0.29) is 11.9 Å². The van der Waals surface area contributed by atoms with Crippen molar-refractivity contribution in [2.24, 2.45) is 11.8 Å². The molecule has 3 fully saturated rings. The van der Waals surface area contributed by atoms with Gasteiger partial charge in [0.1, 0.15) is 5.60 Å². The number of carboxylic acids is 1. The normalized spacial score (nSPS) is 48.0. The van der Waals surface area contributed by atoms with Crippen molar-refractivity contribution < 1.29 is 24.3 Å². The van der Waals surface area contributed by atoms with Gasteiger partial charge >= 0.3 is 0 Å². The molecule has 0 aliphatic carbocycles. The fourth-order valence-electron chi connectivity index (χ4n) is 4.51. The number of hydrogen-bond donors (Lipinski definition) is 1. The van der Waals surface area contributed by atoms with Gasteiger partial charge < -0.3 is 24.4 Å². The van der Waals surface area contributed by atoms with E-state index < -0.39 is 29.5 Å². The summed E-state index contributed by atoms with van der Waals surface area (Å²) in [5.74, 6) is -2.64. The summed E-state index contributed by atoms with van der Waals surface area (Å²) < 4.78 is 5.87. The molecule has 114 valence electrons. The van der Waals surface area contributed by atoms with E-state index in [0.717, 1.165) is 25.9 Å². The first kappa shape index (κ1) is 13.3. The highest BCUT2D eigenvalue weighted by molar-refractivity contribution is 5.90. The number of carboxylic acid groups (broad SMARTS) is 1. The molecule has 4 heterocycles. The van der Waals surface area contributed by atoms with Crippen LogP contribution in [0.1, 0.15) is 12.8 Å². The molecule has 1 spiro atoms. The van der Waals surface area contributed by atoms with E-state index >= 15 is 0 Å². The van der Waals surface area contributed by atoms with E-state index in [1.165, 1.54) is 4.90 Å². The number of hydrogen-bond acceptors (Lipinski definition) is 4. The fraction of sp³-hybridized carbons (Fsp3) is 0.733. The van der Waals surface area contributed by atoms with Crippen molar-refractivity contribution in [3.63, 3.8) is 0 Å². The number of piperidine rings is 1. The maximum atomic E-state index is 12.8. The summed E-state index contributed by atoms with van der Waals surface area (Å²) in [5.41, 5.74) is -0.720. The van der Waals surface area contributed by atoms with Crippen molar-refractivity contribution in [1.29, 1.82) is 0 Å². The van der Waals surface area contributed by atoms with Crippen LogP contribution in [0.25, 0.3) is 0 Å². The van der Waals surface area contributed by atoms with Gasteiger partial charge in [0.25, 0.3) is 0 Å². The number of aliphatic carboxylic acids is 1. The smallest absolute Gasteiger partial charge is 0.230 e. The summed E-state index contributed by atoms with van der Waals surface area (Å²) in [6.07, 6.45) is 5.15. The maximum Gasteiger partial charge on any atom is 0.230 e. The Labute approximate surface area is 123 Å². The van der Waals surface area contributed by atoms with Crippen LogP contribution in [-0.2, 0) is 14.3 Å². The number of fused-ring (bicyclic) bond motifs is 1. The van der Waals surface area contributed by atoms with Crippen LogP contribution in [0.4, 0.5) is 0 Å². The molecule has 0 aromatic carbocycles. The van der Waals surface area contributed by atoms with Crippen LogP contribution in [0.2, 0.25) is 0 Å². The lowest BCUT2D eigenvalue weighted by Gasteiger charge is -2.34. The highest BCUT2D eigenvalue weighted by atomic mass is 16.5. The molecule has 0 unspecified atom stereocenters. The van der Waals surface area contributed by atoms with Crippen molar-refractivity contribution in [2.45, 2.75) is 30.6 Å². The first-order valence-electron chi connectivity index (χ1n) is 7.72. The molecule has 6 nitrogen and oxygen atoms in total. The monoisotopic (exact) mass is 292 g/mol. The summed E-state index contributed by atoms with van der Waals surface area (Å²) in [5, 5.41) is 11.4. The quantitative estimate of drug-likeness (QED) is 0.558. The molecule has 0 saturated carbocycles. The highest BCUT2D eigenvalue weighted by Gasteiger charge is 2.66. The predicted octanol–water partition coefficient (Wildman–Crippen LogP) is -2.80. The molecular formula is C15H20N2O4. The third kappa shape index (κ3) is 1.72. The van der Waals surface area contributed by atoms with Gasteiger partial charge in [0, 0.05) is 30.8 Å². The van der Waals surface area contributed by atoms with Crippen LogP contribution >= 0.6 is 0 Å². The lowest BCUT2D eigenvalue weighted by atomic mass is 9.77. The molecular weight excluding hydrogens is 272 g/mol. The van der Waals surface area contributed by atoms with E-state index in [9.17, 15) is 14.7 Å². The number of carbonyl (C=O) groups excluding carboxylic acids is 2. The molecule has 4 aliphatic rings. The van der Waals surface area contributed by atoms with Gasteiger partial charge in [0.2, 0.25) is 5.91 Å². The summed E-state index contributed by atoms with van der Waals surface area (Å²) in [6, 6.07) is 0.222. The van der Waals surface area contributed by atoms with Gasteiger partial charge in [0.05, 0.1) is 38.7 Å². The average Bonchev–Trinajstić information content (AvgIpc) is 3.08. The van der Waals surface area contributed by atoms with E-state index in [4.69, 9.17) is 4.74 Å². The van der Waals surface area contributed by atoms with Crippen LogP contribution in [0.5, 0.6) is 0 Å². The number of carbonyl (C=O) groups is 2. The molecule has 4 rings (SSSR count). The molecule has 3 saturated heterocycles. The minimum Gasteiger partial charge on any atom is -0.550 e. The Morgan fingerprint density at radius 3 is 2.86 bits per heavy atom. The molecule has 21 heavy (non-hydrogen) atoms. The third-order valence-corrected chi connectivity index (χ3v) is 5.65. The van der Waals surface area contributed by atoms with Crippen molar-refractivity contribution >= 4 is 11.9 Å². The van der Waals surface area contributed by atoms with Crippen LogP contribution in [0, 0.1) is 11.8 Å². The number of nitrogens with one attached hydrogen (secondary N) is 1. The molecule has 0 aromatic heterocycles. The van der Waals surface area contributed by atoms with Crippen molar-refractivity contribution in [3.8, 4) is 0 Å². The van der Waals surface area contributed by atoms with Gasteiger partial charge in [-0.3, -0.25) is 4.79 Å². The lowest BCUT2D eigenvalue weighted by Crippen LogP contribution is -3.10. The Bertz CT molecular complexity index is 526. The zero-order chi connectivity index (χ0) is 14.8. The molecule has 2 bridgehead atoms. The molecule has 1 amide bonds. The second kappa shape index (κ2) is 4.30. The third-order valence-electron chi connectivity index (χ3n) is 5.65. The predicted molar refractivity (Wildman–Crippen MR) is 70.1 cm³/mol. The highest BCUT2D eigenvalue weighted by Crippen LogP contribution is 2.52. The Morgan fingerprint density at radius 2 is 2.19 bits per heavy atom. The van der Waals surface area contributed by atoms with Crippen molar-refractivity contribution in [3.05, 3.63) is 12.2 Å². The van der Waals surface area contributed by atoms with E-state index in [1.54, 1.807) is 6.08 Å². The SMILES string of the molecule is C[NH+]1CCC(N2C[C@@]34C=C[C@H](O3)[C@H](C(=O)[O-])[C@H]4C2=O)CC1. The topological polar surface area (TPSA) is 74.1 Å². The Kier molecular flexibility index (Phi) is 2.72. The Balaban J connectivity index is 1.60. The van der Waals surface area contributed by atoms with Gasteiger partial charge in [0.15, 0.2) is 0 Å². The molecule has 1 N–H and O–H groups in total. The largest absolute Gasteiger partial charge is 0.550 e. The zero-order valence-corrected chi connectivity index (χ0v) is 12.1. The summed E-state index contributed by atoms with van der Waals surface area (Å²) in [7, 11) is 2.16. The van der Waals surface area contributed by atoms with Crippen molar-refractivity contribution in [2.75, 3.05) is 26.7 Å². The average molecular weight is 292 g/mol. The number of amides is 1. The van der Waals surface area contributed by atoms with Gasteiger partial charge in [-0.15, -0.1) is 0 Å². The van der Waals surface area contributed by atoms with Gasteiger partial charge in [-0.1, -0.05) is 12.2 Å². The number of rotatable bonds is 2. The Morgan fingerprint density at radius 1 is 1.48 bits per heavy atom. The second-order valence-corrected chi connectivity index (χ2v) is 6.87. The van der Waals surface area contributed by atoms with Crippen molar-refractivity contribution in [1.82, 2.24) is 4.90 Å². The number of ether oxygens (including phenoxy) is 1. The molecule has 4 aliphatic heterocycles. The minimum atomic E-state index is -1.17. The maximum absolute atomic E-state index is 12.8. The fourth-order valence-corrected chi connectivity index (χ4v) is 4.51. The van der Waals surface area contributed by atoms with E-state index in [1.807, 2.05) is 11.0 Å². The first-order chi connectivity index (χ1) is 10.0. The first-order valence-corrected chi connectivity index (χ1v) is 7.72. The molecule has 0 aromatic rings. The van der Waals surface area contributed by atoms with Crippen LogP contribution in [0.15, 0.2) is 12.2 Å². The summed E-state index contributed by atoms with van der Waals surface area (Å²) in [6.45, 7) is 2.60. The Hall–Kier alpha value is -1.40. The van der Waals surface area contributed by atoms with Crippen LogP contribution < -0.4 is 10.0 Å².